The zero-order valence-corrected chi connectivity index (χ0v) is 27.0. The number of carbonyl (C=O) groups is 6. The van der Waals surface area contributed by atoms with Crippen molar-refractivity contribution in [1.29, 1.82) is 0 Å². The van der Waals surface area contributed by atoms with Gasteiger partial charge in [0.05, 0.1) is 0 Å². The van der Waals surface area contributed by atoms with Crippen molar-refractivity contribution in [1.82, 2.24) is 0 Å². The Morgan fingerprint density at radius 3 is 0.794 bits per heavy atom. The first-order chi connectivity index (χ1) is 14.1. The summed E-state index contributed by atoms with van der Waals surface area (Å²) in [6.07, 6.45) is -17.5. The number of hydrogen-bond donors (Lipinski definition) is 6. The predicted molar refractivity (Wildman–Crippen MR) is 75.1 cm³/mol. The third-order valence-corrected chi connectivity index (χ3v) is 6.68. The molecule has 176 valence electrons. The molecule has 0 aliphatic carbocycles. The maximum absolute atomic E-state index is 11.6. The molecule has 0 aliphatic rings. The molecular weight excluding hydrogens is 710 g/mol. The summed E-state index contributed by atoms with van der Waals surface area (Å²) >= 11 is -5.57. The Labute approximate surface area is 264 Å². The van der Waals surface area contributed by atoms with Gasteiger partial charge >= 0.3 is 267 Å². The monoisotopic (exact) mass is 722 g/mol. The van der Waals surface area contributed by atoms with Crippen molar-refractivity contribution < 1.29 is 172 Å². The first-order valence-corrected chi connectivity index (χ1v) is 11.5. The number of carboxylic acids is 3. The molecular formula is C12H12BiNa3O18. The number of carboxylic acid groups (broad SMARTS) is 3. The van der Waals surface area contributed by atoms with E-state index in [4.69, 9.17) is 15.3 Å². The van der Waals surface area contributed by atoms with Gasteiger partial charge in [0.15, 0.2) is 0 Å². The van der Waals surface area contributed by atoms with E-state index < -0.39 is 95.5 Å². The van der Waals surface area contributed by atoms with Gasteiger partial charge in [0.1, 0.15) is 0 Å². The fourth-order valence-electron chi connectivity index (χ4n) is 1.21. The van der Waals surface area contributed by atoms with Crippen LogP contribution < -0.4 is 104 Å². The quantitative estimate of drug-likeness (QED) is 0.102. The second-order valence-corrected chi connectivity index (χ2v) is 8.95. The van der Waals surface area contributed by atoms with Crippen LogP contribution in [0.3, 0.4) is 0 Å². The minimum absolute atomic E-state index is 0. The van der Waals surface area contributed by atoms with Crippen LogP contribution in [-0.4, -0.2) is 126 Å². The van der Waals surface area contributed by atoms with Gasteiger partial charge in [-0.05, 0) is 0 Å². The molecule has 0 heterocycles. The SMILES string of the molecule is O=C([O-])[C@@H](O)[C@H](O)C(=O)[O][Bi]([O]C(=O)[C@H](O)[C@@H](O)C(=O)[O-])[O]C(=O)[C@H](O)[C@@H](O)C(=O)[O-].[Na+].[Na+].[Na+]. The van der Waals surface area contributed by atoms with Gasteiger partial charge in [-0.1, -0.05) is 0 Å². The molecule has 0 saturated carbocycles. The smallest absolute Gasteiger partial charge is 1.00 e. The first-order valence-electron chi connectivity index (χ1n) is 7.28. The molecule has 0 aromatic carbocycles. The maximum atomic E-state index is 11.6. The molecule has 18 nitrogen and oxygen atoms in total. The number of carbonyl (C=O) groups excluding carboxylic acids is 6. The molecule has 0 fully saturated rings. The van der Waals surface area contributed by atoms with Crippen LogP contribution in [0.25, 0.3) is 0 Å². The van der Waals surface area contributed by atoms with E-state index in [0.717, 1.165) is 0 Å². The van der Waals surface area contributed by atoms with E-state index in [1.54, 1.807) is 0 Å². The number of aliphatic hydroxyl groups is 6. The van der Waals surface area contributed by atoms with E-state index in [1.807, 2.05) is 0 Å². The van der Waals surface area contributed by atoms with Gasteiger partial charge in [0.2, 0.25) is 0 Å². The fourth-order valence-corrected chi connectivity index (χ4v) is 4.62. The summed E-state index contributed by atoms with van der Waals surface area (Å²) in [5.41, 5.74) is 0. The molecule has 0 aliphatic heterocycles. The van der Waals surface area contributed by atoms with Gasteiger partial charge in [-0.2, -0.15) is 0 Å². The van der Waals surface area contributed by atoms with Crippen LogP contribution in [0.15, 0.2) is 0 Å². The normalized spacial score (nSPS) is 15.3. The van der Waals surface area contributed by atoms with E-state index in [0.29, 0.717) is 0 Å². The van der Waals surface area contributed by atoms with E-state index in [1.165, 1.54) is 0 Å². The van der Waals surface area contributed by atoms with Gasteiger partial charge in [-0.3, -0.25) is 0 Å². The summed E-state index contributed by atoms with van der Waals surface area (Å²) in [5.74, 6) is -13.5. The molecule has 0 radical (unpaired) electrons. The van der Waals surface area contributed by atoms with Crippen LogP contribution in [0, 0.1) is 0 Å². The number of aliphatic hydroxyl groups excluding tert-OH is 6. The molecule has 0 spiro atoms. The van der Waals surface area contributed by atoms with Gasteiger partial charge in [-0.15, -0.1) is 0 Å². The average molecular weight is 722 g/mol. The van der Waals surface area contributed by atoms with E-state index in [9.17, 15) is 59.4 Å². The molecule has 0 aromatic heterocycles. The summed E-state index contributed by atoms with van der Waals surface area (Å²) < 4.78 is 12.5. The van der Waals surface area contributed by atoms with E-state index in [-0.39, 0.29) is 88.7 Å². The third kappa shape index (κ3) is 13.7. The summed E-state index contributed by atoms with van der Waals surface area (Å²) in [5, 5.41) is 86.0. The average Bonchev–Trinajstić information content (AvgIpc) is 2.69. The Balaban J connectivity index is -0.00000150. The Bertz CT molecular complexity index is 640. The Hall–Kier alpha value is 0.463. The third-order valence-electron chi connectivity index (χ3n) is 2.84. The van der Waals surface area contributed by atoms with Crippen molar-refractivity contribution in [3.8, 4) is 0 Å². The van der Waals surface area contributed by atoms with Crippen molar-refractivity contribution >= 4 is 58.9 Å². The predicted octanol–water partition coefficient (Wildman–Crippen LogP) is -20.0. The van der Waals surface area contributed by atoms with Crippen LogP contribution >= 0.6 is 0 Å². The maximum Gasteiger partial charge on any atom is 1.00 e. The van der Waals surface area contributed by atoms with Crippen LogP contribution in [0.1, 0.15) is 0 Å². The van der Waals surface area contributed by atoms with E-state index in [2.05, 4.69) is 8.44 Å². The Morgan fingerprint density at radius 2 is 0.647 bits per heavy atom. The Morgan fingerprint density at radius 1 is 0.471 bits per heavy atom. The van der Waals surface area contributed by atoms with Gasteiger partial charge < -0.3 is 0 Å². The summed E-state index contributed by atoms with van der Waals surface area (Å²) in [6.45, 7) is 0. The van der Waals surface area contributed by atoms with Crippen LogP contribution in [0.2, 0.25) is 0 Å². The number of rotatable bonds is 12. The molecule has 0 rings (SSSR count). The summed E-state index contributed by atoms with van der Waals surface area (Å²) in [7, 11) is 0. The van der Waals surface area contributed by atoms with Crippen molar-refractivity contribution in [3.05, 3.63) is 0 Å². The summed E-state index contributed by atoms with van der Waals surface area (Å²) in [6, 6.07) is 0. The molecule has 0 saturated heterocycles. The van der Waals surface area contributed by atoms with E-state index >= 15 is 0 Å². The molecule has 34 heavy (non-hydrogen) atoms. The standard InChI is InChI=1S/3C4H6O6.Bi.3Na/c3*5-1(3(7)8)2(6)4(9)10;;;;/h3*1-2,5-6H,(H,7,8)(H,9,10);;;;/q;;;+3;3*+1/p-6/t3*1-,2-;;;;/m110..../s1. The van der Waals surface area contributed by atoms with Crippen LogP contribution in [0.4, 0.5) is 0 Å². The van der Waals surface area contributed by atoms with Gasteiger partial charge in [0.25, 0.3) is 0 Å². The molecule has 0 bridgehead atoms. The number of hydrogen-bond acceptors (Lipinski definition) is 18. The van der Waals surface area contributed by atoms with Crippen LogP contribution in [-0.2, 0) is 37.2 Å². The van der Waals surface area contributed by atoms with Gasteiger partial charge in [0, 0.05) is 0 Å². The largest absolute Gasteiger partial charge is 1.00 e. The molecule has 0 amide bonds. The molecule has 22 heteroatoms. The summed E-state index contributed by atoms with van der Waals surface area (Å²) in [4.78, 5) is 66.0. The zero-order chi connectivity index (χ0) is 24.6. The molecule has 6 N–H and O–H groups in total. The molecule has 6 atom stereocenters. The minimum atomic E-state index is -5.57. The van der Waals surface area contributed by atoms with Crippen molar-refractivity contribution in [2.24, 2.45) is 0 Å². The van der Waals surface area contributed by atoms with Crippen molar-refractivity contribution in [2.45, 2.75) is 36.6 Å². The second kappa shape index (κ2) is 19.6. The van der Waals surface area contributed by atoms with Crippen molar-refractivity contribution in [3.63, 3.8) is 0 Å². The van der Waals surface area contributed by atoms with Crippen molar-refractivity contribution in [2.75, 3.05) is 0 Å². The Kier molecular flexibility index (Phi) is 23.9. The molecule has 0 aromatic rings. The topological polar surface area (TPSA) is 321 Å². The molecule has 0 unspecified atom stereocenters. The van der Waals surface area contributed by atoms with Crippen LogP contribution in [0.5, 0.6) is 0 Å². The minimum Gasteiger partial charge on any atom is 1.00 e. The van der Waals surface area contributed by atoms with Gasteiger partial charge in [-0.25, -0.2) is 0 Å². The zero-order valence-electron chi connectivity index (χ0n) is 17.5. The second-order valence-electron chi connectivity index (χ2n) is 5.08. The first kappa shape index (κ1) is 41.6. The fraction of sp³-hybridized carbons (Fsp3) is 0.500. The number of aliphatic carboxylic acids is 3.